The number of piperazine rings is 1. The minimum Gasteiger partial charge on any atom is -0.455 e. The maximum Gasteiger partial charge on any atom is 0.293 e. The predicted molar refractivity (Wildman–Crippen MR) is 223 cm³/mol. The van der Waals surface area contributed by atoms with Crippen molar-refractivity contribution in [3.63, 3.8) is 0 Å². The zero-order valence-electron chi connectivity index (χ0n) is 32.1. The summed E-state index contributed by atoms with van der Waals surface area (Å²) in [5.74, 6) is -1.55. The van der Waals surface area contributed by atoms with Crippen molar-refractivity contribution in [1.82, 2.24) is 25.1 Å². The SMILES string of the molecule is CC1(C)C=CC(CN2CCN(c3ccc(C(=O)NS(=O)(=O)c4ccc(NCC(=O)NO)c([N+](=O)[O-])c4)c(Oc4cnc5[nH]ccc5c4)c3)CC2)=C(c2ccc(Cl)cc2)C1. The Hall–Kier alpha value is -6.27. The minimum absolute atomic E-state index is 0.0285. The number of nitro groups is 1. The second kappa shape index (κ2) is 16.9. The number of allylic oxidation sites excluding steroid dienone is 2. The van der Waals surface area contributed by atoms with E-state index in [2.05, 4.69) is 63.2 Å². The van der Waals surface area contributed by atoms with Crippen molar-refractivity contribution >= 4 is 67.1 Å². The predicted octanol–water partition coefficient (Wildman–Crippen LogP) is 6.51. The van der Waals surface area contributed by atoms with Crippen LogP contribution in [0.3, 0.4) is 0 Å². The van der Waals surface area contributed by atoms with Gasteiger partial charge < -0.3 is 19.9 Å². The van der Waals surface area contributed by atoms with Crippen LogP contribution in [0.2, 0.25) is 5.02 Å². The summed E-state index contributed by atoms with van der Waals surface area (Å²) in [5, 5.41) is 24.5. The van der Waals surface area contributed by atoms with E-state index in [1.54, 1.807) is 24.4 Å². The Morgan fingerprint density at radius 1 is 1.03 bits per heavy atom. The van der Waals surface area contributed by atoms with Gasteiger partial charge in [-0.15, -0.1) is 0 Å². The van der Waals surface area contributed by atoms with Crippen LogP contribution in [0, 0.1) is 15.5 Å². The molecule has 3 heterocycles. The molecule has 5 aromatic rings. The Kier molecular flexibility index (Phi) is 11.7. The van der Waals surface area contributed by atoms with E-state index < -0.39 is 43.9 Å². The topological polar surface area (TPSA) is 212 Å². The highest BCUT2D eigenvalue weighted by Crippen LogP contribution is 2.40. The summed E-state index contributed by atoms with van der Waals surface area (Å²) in [4.78, 5) is 47.6. The van der Waals surface area contributed by atoms with E-state index in [4.69, 9.17) is 21.5 Å². The van der Waals surface area contributed by atoms with Crippen LogP contribution in [0.1, 0.15) is 36.2 Å². The molecule has 0 atom stereocenters. The molecule has 1 aliphatic carbocycles. The molecule has 2 aromatic heterocycles. The van der Waals surface area contributed by atoms with Crippen molar-refractivity contribution in [2.45, 2.75) is 25.2 Å². The van der Waals surface area contributed by atoms with Gasteiger partial charge in [-0.05, 0) is 77.1 Å². The van der Waals surface area contributed by atoms with Crippen molar-refractivity contribution in [3.8, 4) is 11.5 Å². The van der Waals surface area contributed by atoms with Crippen LogP contribution in [-0.4, -0.2) is 84.5 Å². The zero-order valence-corrected chi connectivity index (χ0v) is 33.6. The van der Waals surface area contributed by atoms with Gasteiger partial charge in [0.15, 0.2) is 0 Å². The molecule has 3 aromatic carbocycles. The summed E-state index contributed by atoms with van der Waals surface area (Å²) in [6, 6.07) is 19.3. The molecule has 1 saturated heterocycles. The van der Waals surface area contributed by atoms with Crippen LogP contribution >= 0.6 is 11.6 Å². The maximum atomic E-state index is 13.8. The lowest BCUT2D eigenvalue weighted by molar-refractivity contribution is -0.384. The number of nitrogens with one attached hydrogen (secondary N) is 4. The third kappa shape index (κ3) is 9.55. The van der Waals surface area contributed by atoms with Crippen LogP contribution in [0.5, 0.6) is 11.5 Å². The zero-order chi connectivity index (χ0) is 41.9. The molecule has 1 aliphatic heterocycles. The number of ether oxygens (including phenoxy) is 1. The molecule has 2 aliphatic rings. The minimum atomic E-state index is -4.66. The van der Waals surface area contributed by atoms with Crippen LogP contribution in [0.15, 0.2) is 108 Å². The summed E-state index contributed by atoms with van der Waals surface area (Å²) in [6.07, 6.45) is 8.63. The standard InChI is InChI=1S/C41H41ClN8O8S/c1-41(2)13-11-28(34(22-41)26-3-5-29(42)6-4-26)25-48-15-17-49(18-16-48)30-7-9-33(37(20-30)58-31-19-27-12-14-43-39(27)45-23-31)40(52)47-59(56,57)32-8-10-35(36(21-32)50(54)55)44-24-38(51)46-53/h3-14,19-21,23,44,53H,15-18,22,24-25H2,1-2H3,(H,43,45)(H,46,51)(H,47,52). The van der Waals surface area contributed by atoms with E-state index >= 15 is 0 Å². The van der Waals surface area contributed by atoms with Gasteiger partial charge in [-0.1, -0.05) is 49.7 Å². The molecule has 306 valence electrons. The molecule has 0 radical (unpaired) electrons. The third-order valence-corrected chi connectivity index (χ3v) is 11.7. The summed E-state index contributed by atoms with van der Waals surface area (Å²) < 4.78 is 35.2. The van der Waals surface area contributed by atoms with Gasteiger partial charge in [-0.3, -0.25) is 29.8 Å². The van der Waals surface area contributed by atoms with Crippen molar-refractivity contribution in [3.05, 3.63) is 129 Å². The number of anilines is 2. The molecule has 5 N–H and O–H groups in total. The summed E-state index contributed by atoms with van der Waals surface area (Å²) in [7, 11) is -4.66. The lowest BCUT2D eigenvalue weighted by atomic mass is 9.77. The number of fused-ring (bicyclic) bond motifs is 1. The van der Waals surface area contributed by atoms with Gasteiger partial charge in [0.1, 0.15) is 22.8 Å². The number of aromatic amines is 1. The molecule has 0 unspecified atom stereocenters. The Labute approximate surface area is 344 Å². The molecule has 2 amide bonds. The van der Waals surface area contributed by atoms with Crippen LogP contribution in [0.25, 0.3) is 16.6 Å². The lowest BCUT2D eigenvalue weighted by Crippen LogP contribution is -2.47. The number of H-pyrrole nitrogens is 1. The molecular formula is C41H41ClN8O8S. The highest BCUT2D eigenvalue weighted by molar-refractivity contribution is 7.90. The molecule has 0 bridgehead atoms. The van der Waals surface area contributed by atoms with Gasteiger partial charge in [0.25, 0.3) is 27.5 Å². The number of carbonyl (C=O) groups excluding carboxylic acids is 2. The number of amides is 2. The number of hydrogen-bond donors (Lipinski definition) is 5. The molecule has 7 rings (SSSR count). The number of hydrogen-bond acceptors (Lipinski definition) is 12. The number of sulfonamides is 1. The van der Waals surface area contributed by atoms with Crippen molar-refractivity contribution in [2.75, 3.05) is 49.5 Å². The monoisotopic (exact) mass is 840 g/mol. The molecule has 18 heteroatoms. The number of benzene rings is 3. The number of aromatic nitrogens is 2. The largest absolute Gasteiger partial charge is 0.455 e. The fourth-order valence-electron chi connectivity index (χ4n) is 7.06. The fraction of sp³-hybridized carbons (Fsp3) is 0.244. The number of hydroxylamine groups is 1. The Morgan fingerprint density at radius 3 is 2.53 bits per heavy atom. The Morgan fingerprint density at radius 2 is 1.80 bits per heavy atom. The number of nitro benzene ring substituents is 1. The molecule has 0 saturated carbocycles. The molecule has 1 fully saturated rings. The van der Waals surface area contributed by atoms with Crippen LogP contribution < -0.4 is 25.2 Å². The fourth-order valence-corrected chi connectivity index (χ4v) is 8.17. The van der Waals surface area contributed by atoms with E-state index in [0.29, 0.717) is 29.5 Å². The van der Waals surface area contributed by atoms with Crippen LogP contribution in [-0.2, 0) is 14.8 Å². The first-order valence-electron chi connectivity index (χ1n) is 18.6. The molecule has 0 spiro atoms. The Balaban J connectivity index is 1.11. The molecule has 16 nitrogen and oxygen atoms in total. The third-order valence-electron chi connectivity index (χ3n) is 10.2. The lowest BCUT2D eigenvalue weighted by Gasteiger charge is -2.38. The van der Waals surface area contributed by atoms with Crippen molar-refractivity contribution in [1.29, 1.82) is 0 Å². The van der Waals surface area contributed by atoms with Crippen molar-refractivity contribution < 1.29 is 32.9 Å². The maximum absolute atomic E-state index is 13.8. The van der Waals surface area contributed by atoms with Gasteiger partial charge >= 0.3 is 0 Å². The van der Waals surface area contributed by atoms with Gasteiger partial charge in [0.2, 0.25) is 0 Å². The van der Waals surface area contributed by atoms with Gasteiger partial charge in [0, 0.05) is 67.1 Å². The number of pyridine rings is 1. The smallest absolute Gasteiger partial charge is 0.293 e. The Bertz CT molecular complexity index is 2600. The summed E-state index contributed by atoms with van der Waals surface area (Å²) >= 11 is 6.21. The van der Waals surface area contributed by atoms with Gasteiger partial charge in [-0.25, -0.2) is 23.6 Å². The summed E-state index contributed by atoms with van der Waals surface area (Å²) in [5.41, 5.74) is 5.56. The number of halogens is 1. The first kappa shape index (κ1) is 40.9. The van der Waals surface area contributed by atoms with Crippen LogP contribution in [0.4, 0.5) is 17.1 Å². The van der Waals surface area contributed by atoms with Crippen molar-refractivity contribution in [2.24, 2.45) is 5.41 Å². The second-order valence-corrected chi connectivity index (χ2v) is 17.0. The summed E-state index contributed by atoms with van der Waals surface area (Å²) in [6.45, 7) is 7.57. The first-order chi connectivity index (χ1) is 28.2. The van der Waals surface area contributed by atoms with E-state index in [9.17, 15) is 28.1 Å². The van der Waals surface area contributed by atoms with Gasteiger partial charge in [-0.2, -0.15) is 0 Å². The number of carbonyl (C=O) groups is 2. The van der Waals surface area contributed by atoms with E-state index in [0.717, 1.165) is 60.9 Å². The van der Waals surface area contributed by atoms with E-state index in [1.165, 1.54) is 28.9 Å². The van der Waals surface area contributed by atoms with E-state index in [-0.39, 0.29) is 22.4 Å². The highest BCUT2D eigenvalue weighted by Gasteiger charge is 2.28. The molecular weight excluding hydrogens is 800 g/mol. The van der Waals surface area contributed by atoms with Gasteiger partial charge in [0.05, 0.1) is 28.1 Å². The first-order valence-corrected chi connectivity index (χ1v) is 20.5. The average Bonchev–Trinajstić information content (AvgIpc) is 3.69. The number of nitrogens with zero attached hydrogens (tertiary/aromatic N) is 4. The molecule has 59 heavy (non-hydrogen) atoms. The second-order valence-electron chi connectivity index (χ2n) is 14.9. The van der Waals surface area contributed by atoms with E-state index in [1.807, 2.05) is 22.9 Å². The number of rotatable bonds is 13. The average molecular weight is 841 g/mol. The normalized spacial score (nSPS) is 15.6. The quantitative estimate of drug-likeness (QED) is 0.0488. The highest BCUT2D eigenvalue weighted by atomic mass is 35.5.